The summed E-state index contributed by atoms with van der Waals surface area (Å²) in [6, 6.07) is 0. The van der Waals surface area contributed by atoms with E-state index in [1.165, 1.54) is 0 Å². The second kappa shape index (κ2) is 3.47. The molecule has 0 aromatic rings. The van der Waals surface area contributed by atoms with E-state index in [4.69, 9.17) is 4.74 Å². The zero-order chi connectivity index (χ0) is 12.0. The summed E-state index contributed by atoms with van der Waals surface area (Å²) in [5.74, 6) is 1.21. The normalized spacial score (nSPS) is 33.1. The fourth-order valence-corrected chi connectivity index (χ4v) is 2.71. The van der Waals surface area contributed by atoms with Crippen LogP contribution < -0.4 is 0 Å². The van der Waals surface area contributed by atoms with E-state index < -0.39 is 0 Å². The minimum absolute atomic E-state index is 0.0527. The number of ether oxygens (including phenoxy) is 1. The number of carbonyl (C=O) groups is 1. The Hall–Kier alpha value is -1.05. The van der Waals surface area contributed by atoms with Crippen molar-refractivity contribution in [3.8, 4) is 0 Å². The van der Waals surface area contributed by atoms with Crippen LogP contribution in [0.15, 0.2) is 23.5 Å². The minimum Gasteiger partial charge on any atom is -0.487 e. The molecule has 1 aliphatic heterocycles. The first-order chi connectivity index (χ1) is 7.35. The molecule has 0 spiro atoms. The van der Waals surface area contributed by atoms with Gasteiger partial charge in [-0.25, -0.2) is 0 Å². The third-order valence-corrected chi connectivity index (χ3v) is 3.35. The van der Waals surface area contributed by atoms with E-state index in [9.17, 15) is 4.79 Å². The Balaban J connectivity index is 2.27. The summed E-state index contributed by atoms with van der Waals surface area (Å²) in [6.45, 7) is 8.29. The summed E-state index contributed by atoms with van der Waals surface area (Å²) in [5.41, 5.74) is 0.687. The molecule has 2 aliphatic rings. The van der Waals surface area contributed by atoms with Crippen molar-refractivity contribution in [2.75, 3.05) is 0 Å². The SMILES string of the molecule is C/C=C/C1(C)CC2=C(CC(C)(C)CC2=O)O1. The lowest BCUT2D eigenvalue weighted by Gasteiger charge is -2.29. The summed E-state index contributed by atoms with van der Waals surface area (Å²) in [4.78, 5) is 12.0. The molecule has 1 aliphatic carbocycles. The van der Waals surface area contributed by atoms with Crippen molar-refractivity contribution in [2.24, 2.45) is 5.41 Å². The van der Waals surface area contributed by atoms with Crippen LogP contribution in [0.3, 0.4) is 0 Å². The monoisotopic (exact) mass is 220 g/mol. The smallest absolute Gasteiger partial charge is 0.162 e. The molecule has 0 aromatic carbocycles. The van der Waals surface area contributed by atoms with Crippen molar-refractivity contribution in [1.29, 1.82) is 0 Å². The van der Waals surface area contributed by atoms with E-state index in [0.717, 1.165) is 24.2 Å². The van der Waals surface area contributed by atoms with Gasteiger partial charge in [0.1, 0.15) is 11.4 Å². The highest BCUT2D eigenvalue weighted by molar-refractivity contribution is 5.97. The number of hydrogen-bond donors (Lipinski definition) is 0. The quantitative estimate of drug-likeness (QED) is 0.633. The fraction of sp³-hybridized carbons (Fsp3) is 0.643. The number of carbonyl (C=O) groups excluding carboxylic acids is 1. The molecule has 1 heterocycles. The summed E-state index contributed by atoms with van der Waals surface area (Å²) in [7, 11) is 0. The van der Waals surface area contributed by atoms with E-state index in [0.29, 0.717) is 6.42 Å². The number of ketones is 1. The van der Waals surface area contributed by atoms with Crippen molar-refractivity contribution in [3.63, 3.8) is 0 Å². The molecule has 0 saturated heterocycles. The van der Waals surface area contributed by atoms with Crippen molar-refractivity contribution >= 4 is 5.78 Å². The fourth-order valence-electron chi connectivity index (χ4n) is 2.71. The molecular formula is C14H20O2. The van der Waals surface area contributed by atoms with Gasteiger partial charge in [0.2, 0.25) is 0 Å². The van der Waals surface area contributed by atoms with Crippen molar-refractivity contribution in [2.45, 2.75) is 52.6 Å². The van der Waals surface area contributed by atoms with Gasteiger partial charge in [-0.15, -0.1) is 0 Å². The Bertz CT molecular complexity index is 388. The Kier molecular flexibility index (Phi) is 2.48. The molecule has 0 radical (unpaired) electrons. The van der Waals surface area contributed by atoms with Crippen LogP contribution in [0.2, 0.25) is 0 Å². The lowest BCUT2D eigenvalue weighted by Crippen LogP contribution is -2.24. The van der Waals surface area contributed by atoms with Crippen LogP contribution in [0.1, 0.15) is 47.0 Å². The molecule has 1 atom stereocenters. The Morgan fingerprint density at radius 1 is 1.19 bits per heavy atom. The molecule has 0 fully saturated rings. The zero-order valence-corrected chi connectivity index (χ0v) is 10.6. The first-order valence-corrected chi connectivity index (χ1v) is 5.93. The third-order valence-electron chi connectivity index (χ3n) is 3.35. The van der Waals surface area contributed by atoms with Gasteiger partial charge in [-0.2, -0.15) is 0 Å². The van der Waals surface area contributed by atoms with Gasteiger partial charge >= 0.3 is 0 Å². The Morgan fingerprint density at radius 2 is 1.88 bits per heavy atom. The van der Waals surface area contributed by atoms with E-state index in [1.54, 1.807) is 0 Å². The molecule has 16 heavy (non-hydrogen) atoms. The number of Topliss-reactive ketones (excluding diaryl/α,β-unsaturated/α-hetero) is 1. The highest BCUT2D eigenvalue weighted by Gasteiger charge is 2.43. The second-order valence-corrected chi connectivity index (χ2v) is 5.93. The first-order valence-electron chi connectivity index (χ1n) is 5.93. The van der Waals surface area contributed by atoms with Gasteiger partial charge in [0, 0.05) is 24.8 Å². The van der Waals surface area contributed by atoms with Crippen LogP contribution in [-0.4, -0.2) is 11.4 Å². The summed E-state index contributed by atoms with van der Waals surface area (Å²) in [5, 5.41) is 0. The summed E-state index contributed by atoms with van der Waals surface area (Å²) in [6.07, 6.45) is 6.32. The molecule has 0 aromatic heterocycles. The highest BCUT2D eigenvalue weighted by atomic mass is 16.5. The van der Waals surface area contributed by atoms with Gasteiger partial charge in [-0.05, 0) is 25.3 Å². The molecule has 88 valence electrons. The Labute approximate surface area is 97.4 Å². The van der Waals surface area contributed by atoms with Gasteiger partial charge in [-0.3, -0.25) is 4.79 Å². The van der Waals surface area contributed by atoms with Gasteiger partial charge in [0.25, 0.3) is 0 Å². The number of hydrogen-bond acceptors (Lipinski definition) is 2. The van der Waals surface area contributed by atoms with E-state index >= 15 is 0 Å². The van der Waals surface area contributed by atoms with Crippen LogP contribution in [0.25, 0.3) is 0 Å². The minimum atomic E-state index is -0.296. The predicted molar refractivity (Wildman–Crippen MR) is 64.0 cm³/mol. The molecule has 1 unspecified atom stereocenters. The molecule has 2 heteroatoms. The number of allylic oxidation sites excluding steroid dienone is 2. The van der Waals surface area contributed by atoms with Crippen LogP contribution in [0.5, 0.6) is 0 Å². The largest absolute Gasteiger partial charge is 0.487 e. The highest BCUT2D eigenvalue weighted by Crippen LogP contribution is 2.46. The van der Waals surface area contributed by atoms with Crippen LogP contribution >= 0.6 is 0 Å². The molecule has 2 nitrogen and oxygen atoms in total. The maximum Gasteiger partial charge on any atom is 0.162 e. The number of rotatable bonds is 1. The third kappa shape index (κ3) is 1.93. The molecule has 2 rings (SSSR count). The maximum atomic E-state index is 12.0. The topological polar surface area (TPSA) is 26.3 Å². The molecular weight excluding hydrogens is 200 g/mol. The average Bonchev–Trinajstić information content (AvgIpc) is 2.40. The molecule has 0 amide bonds. The van der Waals surface area contributed by atoms with Crippen molar-refractivity contribution in [3.05, 3.63) is 23.5 Å². The Morgan fingerprint density at radius 3 is 2.50 bits per heavy atom. The standard InChI is InChI=1S/C14H20O2/c1-5-6-14(4)7-10-11(15)8-13(2,3)9-12(10)16-14/h5-6H,7-9H2,1-4H3/b6-5+. The summed E-state index contributed by atoms with van der Waals surface area (Å²) >= 11 is 0. The van der Waals surface area contributed by atoms with Crippen molar-refractivity contribution < 1.29 is 9.53 Å². The van der Waals surface area contributed by atoms with E-state index in [1.807, 2.05) is 26.0 Å². The average molecular weight is 220 g/mol. The van der Waals surface area contributed by atoms with Crippen molar-refractivity contribution in [1.82, 2.24) is 0 Å². The summed E-state index contributed by atoms with van der Waals surface area (Å²) < 4.78 is 5.97. The van der Waals surface area contributed by atoms with E-state index in [-0.39, 0.29) is 16.8 Å². The zero-order valence-electron chi connectivity index (χ0n) is 10.6. The molecule has 0 bridgehead atoms. The van der Waals surface area contributed by atoms with E-state index in [2.05, 4.69) is 13.8 Å². The van der Waals surface area contributed by atoms with Crippen LogP contribution in [-0.2, 0) is 9.53 Å². The molecule has 0 N–H and O–H groups in total. The maximum absolute atomic E-state index is 12.0. The second-order valence-electron chi connectivity index (χ2n) is 5.93. The lowest BCUT2D eigenvalue weighted by atomic mass is 9.76. The molecule has 0 saturated carbocycles. The van der Waals surface area contributed by atoms with Crippen LogP contribution in [0.4, 0.5) is 0 Å². The van der Waals surface area contributed by atoms with Gasteiger partial charge < -0.3 is 4.74 Å². The van der Waals surface area contributed by atoms with Gasteiger partial charge in [-0.1, -0.05) is 19.9 Å². The first kappa shape index (κ1) is 11.4. The lowest BCUT2D eigenvalue weighted by molar-refractivity contribution is -0.118. The van der Waals surface area contributed by atoms with Crippen LogP contribution in [0, 0.1) is 5.41 Å². The van der Waals surface area contributed by atoms with Gasteiger partial charge in [0.05, 0.1) is 0 Å². The predicted octanol–water partition coefficient (Wildman–Crippen LogP) is 3.38. The van der Waals surface area contributed by atoms with Gasteiger partial charge in [0.15, 0.2) is 5.78 Å².